The van der Waals surface area contributed by atoms with Crippen LogP contribution < -0.4 is 9.47 Å². The monoisotopic (exact) mass is 470 g/mol. The van der Waals surface area contributed by atoms with E-state index in [1.165, 1.54) is 17.4 Å². The van der Waals surface area contributed by atoms with Gasteiger partial charge in [-0.3, -0.25) is 4.18 Å². The molecule has 3 aliphatic rings. The Bertz CT molecular complexity index is 1110. The van der Waals surface area contributed by atoms with Crippen LogP contribution in [0.15, 0.2) is 42.5 Å². The Morgan fingerprint density at radius 3 is 2.55 bits per heavy atom. The summed E-state index contributed by atoms with van der Waals surface area (Å²) in [6.07, 6.45) is 7.07. The summed E-state index contributed by atoms with van der Waals surface area (Å²) >= 11 is 0. The van der Waals surface area contributed by atoms with Crippen molar-refractivity contribution >= 4 is 10.1 Å². The van der Waals surface area contributed by atoms with Gasteiger partial charge in [-0.1, -0.05) is 37.3 Å². The van der Waals surface area contributed by atoms with Crippen LogP contribution in [-0.2, 0) is 27.3 Å². The summed E-state index contributed by atoms with van der Waals surface area (Å²) < 4.78 is 41.2. The van der Waals surface area contributed by atoms with E-state index in [-0.39, 0.29) is 11.5 Å². The lowest BCUT2D eigenvalue weighted by Gasteiger charge is -2.50. The van der Waals surface area contributed by atoms with Gasteiger partial charge in [0.2, 0.25) is 0 Å². The average Bonchev–Trinajstić information content (AvgIpc) is 3.12. The van der Waals surface area contributed by atoms with Crippen LogP contribution in [0.5, 0.6) is 11.5 Å². The van der Waals surface area contributed by atoms with E-state index in [0.717, 1.165) is 55.6 Å². The van der Waals surface area contributed by atoms with Crippen LogP contribution in [0.4, 0.5) is 0 Å². The molecule has 0 spiro atoms. The molecule has 0 bridgehead atoms. The summed E-state index contributed by atoms with van der Waals surface area (Å²) in [5, 5.41) is 0. The molecule has 0 unspecified atom stereocenters. The summed E-state index contributed by atoms with van der Waals surface area (Å²) in [7, 11) is -1.74. The predicted molar refractivity (Wildman–Crippen MR) is 128 cm³/mol. The molecule has 5 rings (SSSR count). The molecule has 3 aliphatic carbocycles. The quantitative estimate of drug-likeness (QED) is 0.524. The summed E-state index contributed by atoms with van der Waals surface area (Å²) in [6, 6.07) is 14.6. The first-order valence-corrected chi connectivity index (χ1v) is 13.9. The molecular formula is C27H34O5S. The maximum atomic E-state index is 11.8. The minimum atomic E-state index is -3.44. The van der Waals surface area contributed by atoms with Crippen molar-refractivity contribution in [3.8, 4) is 11.5 Å². The minimum absolute atomic E-state index is 0.0649. The molecule has 0 radical (unpaired) electrons. The molecule has 0 aromatic heterocycles. The lowest BCUT2D eigenvalue weighted by atomic mass is 9.55. The molecule has 6 heteroatoms. The Morgan fingerprint density at radius 2 is 1.82 bits per heavy atom. The maximum Gasteiger partial charge on any atom is 0.264 e. The number of ether oxygens (including phenoxy) is 2. The lowest BCUT2D eigenvalue weighted by Crippen LogP contribution is -2.45. The van der Waals surface area contributed by atoms with Gasteiger partial charge < -0.3 is 9.47 Å². The second-order valence-corrected chi connectivity index (χ2v) is 11.9. The van der Waals surface area contributed by atoms with Crippen molar-refractivity contribution in [1.82, 2.24) is 0 Å². The molecule has 2 aromatic carbocycles. The number of rotatable bonds is 6. The van der Waals surface area contributed by atoms with Gasteiger partial charge in [0.05, 0.1) is 19.5 Å². The van der Waals surface area contributed by atoms with Gasteiger partial charge in [0, 0.05) is 0 Å². The van der Waals surface area contributed by atoms with E-state index in [4.69, 9.17) is 13.7 Å². The second-order valence-electron chi connectivity index (χ2n) is 10.3. The van der Waals surface area contributed by atoms with Gasteiger partial charge in [-0.2, -0.15) is 8.42 Å². The number of methoxy groups -OCH3 is 1. The number of aryl methyl sites for hydroxylation is 1. The summed E-state index contributed by atoms with van der Waals surface area (Å²) in [5.74, 6) is 3.15. The van der Waals surface area contributed by atoms with Crippen molar-refractivity contribution in [1.29, 1.82) is 0 Å². The molecule has 2 fully saturated rings. The van der Waals surface area contributed by atoms with E-state index < -0.39 is 10.1 Å². The Labute approximate surface area is 197 Å². The Kier molecular flexibility index (Phi) is 5.94. The highest BCUT2D eigenvalue weighted by Crippen LogP contribution is 2.62. The van der Waals surface area contributed by atoms with Gasteiger partial charge in [0.25, 0.3) is 10.1 Å². The first kappa shape index (κ1) is 22.7. The van der Waals surface area contributed by atoms with E-state index in [2.05, 4.69) is 31.2 Å². The molecule has 33 heavy (non-hydrogen) atoms. The third-order valence-electron chi connectivity index (χ3n) is 8.45. The van der Waals surface area contributed by atoms with E-state index >= 15 is 0 Å². The topological polar surface area (TPSA) is 61.8 Å². The predicted octanol–water partition coefficient (Wildman–Crippen LogP) is 5.48. The number of fused-ring (bicyclic) bond motifs is 5. The van der Waals surface area contributed by atoms with Crippen molar-refractivity contribution < 1.29 is 22.1 Å². The molecular weight excluding hydrogens is 436 g/mol. The molecule has 0 amide bonds. The highest BCUT2D eigenvalue weighted by atomic mass is 32.2. The van der Waals surface area contributed by atoms with Crippen LogP contribution in [0.2, 0.25) is 0 Å². The first-order chi connectivity index (χ1) is 15.8. The Hall–Kier alpha value is -2.05. The zero-order chi connectivity index (χ0) is 23.2. The van der Waals surface area contributed by atoms with Crippen molar-refractivity contribution in [2.24, 2.45) is 17.3 Å². The van der Waals surface area contributed by atoms with Crippen molar-refractivity contribution in [2.75, 3.05) is 13.4 Å². The van der Waals surface area contributed by atoms with Crippen LogP contribution in [-0.4, -0.2) is 27.9 Å². The third kappa shape index (κ3) is 4.28. The van der Waals surface area contributed by atoms with Crippen molar-refractivity contribution in [3.05, 3.63) is 59.2 Å². The average molecular weight is 471 g/mol. The largest absolute Gasteiger partial charge is 0.493 e. The van der Waals surface area contributed by atoms with Gasteiger partial charge in [0.15, 0.2) is 11.5 Å². The second kappa shape index (κ2) is 8.62. The SMILES string of the molecule is COc1cc2c(cc1OCc1ccccc1)CC[C@@H]1[C@@H]2CC[C@]2(C)[C@@H](OS(C)(=O)=O)CC[C@@H]12. The Morgan fingerprint density at radius 1 is 1.03 bits per heavy atom. The molecule has 2 saturated carbocycles. The zero-order valence-corrected chi connectivity index (χ0v) is 20.6. The maximum absolute atomic E-state index is 11.8. The smallest absolute Gasteiger partial charge is 0.264 e. The number of hydrogen-bond acceptors (Lipinski definition) is 5. The fourth-order valence-electron chi connectivity index (χ4n) is 6.91. The normalized spacial score (nSPS) is 30.8. The van der Waals surface area contributed by atoms with Crippen LogP contribution in [0.25, 0.3) is 0 Å². The molecule has 178 valence electrons. The first-order valence-electron chi connectivity index (χ1n) is 12.0. The zero-order valence-electron chi connectivity index (χ0n) is 19.8. The van der Waals surface area contributed by atoms with Crippen LogP contribution >= 0.6 is 0 Å². The van der Waals surface area contributed by atoms with E-state index in [1.807, 2.05) is 18.2 Å². The van der Waals surface area contributed by atoms with E-state index in [1.54, 1.807) is 7.11 Å². The fourth-order valence-corrected chi connectivity index (χ4v) is 7.64. The molecule has 0 N–H and O–H groups in total. The van der Waals surface area contributed by atoms with Crippen LogP contribution in [0.1, 0.15) is 61.6 Å². The Balaban J connectivity index is 1.38. The molecule has 0 heterocycles. The van der Waals surface area contributed by atoms with Crippen molar-refractivity contribution in [2.45, 2.75) is 64.1 Å². The minimum Gasteiger partial charge on any atom is -0.493 e. The van der Waals surface area contributed by atoms with E-state index in [0.29, 0.717) is 24.4 Å². The van der Waals surface area contributed by atoms with Crippen LogP contribution in [0.3, 0.4) is 0 Å². The fraction of sp³-hybridized carbons (Fsp3) is 0.556. The van der Waals surface area contributed by atoms with Crippen LogP contribution in [0, 0.1) is 17.3 Å². The molecule has 2 aromatic rings. The summed E-state index contributed by atoms with van der Waals surface area (Å²) in [5.41, 5.74) is 3.83. The van der Waals surface area contributed by atoms with Crippen molar-refractivity contribution in [3.63, 3.8) is 0 Å². The molecule has 0 aliphatic heterocycles. The standard InChI is InChI=1S/C27H34O5S/c1-27-14-13-20-21(23(27)11-12-26(27)32-33(3,28)29)10-9-19-15-25(24(30-2)16-22(19)20)31-17-18-7-5-4-6-8-18/h4-8,15-16,20-21,23,26H,9-14,17H2,1-3H3/t20-,21+,23-,26-,27-/m0/s1. The molecule has 5 nitrogen and oxygen atoms in total. The van der Waals surface area contributed by atoms with Gasteiger partial charge in [-0.25, -0.2) is 0 Å². The summed E-state index contributed by atoms with van der Waals surface area (Å²) in [4.78, 5) is 0. The number of hydrogen-bond donors (Lipinski definition) is 0. The third-order valence-corrected chi connectivity index (χ3v) is 9.03. The van der Waals surface area contributed by atoms with Gasteiger partial charge >= 0.3 is 0 Å². The molecule has 5 atom stereocenters. The van der Waals surface area contributed by atoms with Gasteiger partial charge in [0.1, 0.15) is 6.61 Å². The van der Waals surface area contributed by atoms with E-state index in [9.17, 15) is 8.42 Å². The molecule has 0 saturated heterocycles. The highest BCUT2D eigenvalue weighted by Gasteiger charge is 2.56. The van der Waals surface area contributed by atoms with Gasteiger partial charge in [-0.05, 0) is 90.5 Å². The number of benzene rings is 2. The summed E-state index contributed by atoms with van der Waals surface area (Å²) in [6.45, 7) is 2.78. The lowest BCUT2D eigenvalue weighted by molar-refractivity contribution is -0.00771. The highest BCUT2D eigenvalue weighted by molar-refractivity contribution is 7.86. The van der Waals surface area contributed by atoms with Gasteiger partial charge in [-0.15, -0.1) is 0 Å².